The van der Waals surface area contributed by atoms with E-state index in [1.165, 1.54) is 0 Å². The summed E-state index contributed by atoms with van der Waals surface area (Å²) in [4.78, 5) is 0. The van der Waals surface area contributed by atoms with Gasteiger partial charge < -0.3 is 14.6 Å². The first-order valence-electron chi connectivity index (χ1n) is 6.50. The van der Waals surface area contributed by atoms with Crippen LogP contribution in [0.15, 0.2) is 40.9 Å². The number of aliphatic hydroxyl groups excluding tert-OH is 1. The minimum absolute atomic E-state index is 0.522. The summed E-state index contributed by atoms with van der Waals surface area (Å²) in [6, 6.07) is 10.7. The van der Waals surface area contributed by atoms with Crippen LogP contribution >= 0.6 is 27.5 Å². The molecule has 0 radical (unpaired) electrons. The maximum absolute atomic E-state index is 10.7. The van der Waals surface area contributed by atoms with Gasteiger partial charge in [0.15, 0.2) is 0 Å². The number of hydrogen-bond acceptors (Lipinski definition) is 3. The van der Waals surface area contributed by atoms with Crippen LogP contribution in [0.4, 0.5) is 0 Å². The number of hydrogen-bond donors (Lipinski definition) is 1. The molecule has 112 valence electrons. The van der Waals surface area contributed by atoms with E-state index in [1.54, 1.807) is 25.3 Å². The fourth-order valence-electron chi connectivity index (χ4n) is 2.11. The molecule has 0 aromatic heterocycles. The van der Waals surface area contributed by atoms with E-state index in [2.05, 4.69) is 15.9 Å². The minimum Gasteiger partial charge on any atom is -0.496 e. The molecule has 2 rings (SSSR count). The molecule has 0 heterocycles. The molecule has 5 heteroatoms. The van der Waals surface area contributed by atoms with E-state index in [0.29, 0.717) is 34.3 Å². The van der Waals surface area contributed by atoms with Crippen molar-refractivity contribution >= 4 is 27.5 Å². The highest BCUT2D eigenvalue weighted by Crippen LogP contribution is 2.37. The first-order chi connectivity index (χ1) is 10.1. The third kappa shape index (κ3) is 3.70. The van der Waals surface area contributed by atoms with E-state index in [0.717, 1.165) is 4.47 Å². The van der Waals surface area contributed by atoms with Crippen LogP contribution in [0, 0.1) is 0 Å². The van der Waals surface area contributed by atoms with Gasteiger partial charge >= 0.3 is 0 Å². The van der Waals surface area contributed by atoms with E-state index in [9.17, 15) is 5.11 Å². The smallest absolute Gasteiger partial charge is 0.125 e. The zero-order chi connectivity index (χ0) is 15.4. The Hall–Kier alpha value is -1.23. The lowest BCUT2D eigenvalue weighted by molar-refractivity contribution is 0.207. The van der Waals surface area contributed by atoms with Crippen molar-refractivity contribution in [3.63, 3.8) is 0 Å². The van der Waals surface area contributed by atoms with Crippen LogP contribution in [0.25, 0.3) is 0 Å². The summed E-state index contributed by atoms with van der Waals surface area (Å²) in [7, 11) is 1.56. The second kappa shape index (κ2) is 7.16. The van der Waals surface area contributed by atoms with E-state index in [4.69, 9.17) is 21.1 Å². The second-order valence-corrected chi connectivity index (χ2v) is 5.76. The van der Waals surface area contributed by atoms with Gasteiger partial charge in [0.25, 0.3) is 0 Å². The van der Waals surface area contributed by atoms with E-state index in [-0.39, 0.29) is 0 Å². The monoisotopic (exact) mass is 370 g/mol. The first kappa shape index (κ1) is 16.1. The molecule has 0 saturated heterocycles. The number of benzene rings is 2. The summed E-state index contributed by atoms with van der Waals surface area (Å²) >= 11 is 9.44. The highest BCUT2D eigenvalue weighted by Gasteiger charge is 2.20. The maximum atomic E-state index is 10.7. The van der Waals surface area contributed by atoms with Crippen LogP contribution in [-0.4, -0.2) is 18.8 Å². The van der Waals surface area contributed by atoms with Crippen molar-refractivity contribution in [3.8, 4) is 11.5 Å². The Bertz CT molecular complexity index is 631. The van der Waals surface area contributed by atoms with Crippen LogP contribution < -0.4 is 9.47 Å². The number of rotatable bonds is 5. The van der Waals surface area contributed by atoms with Gasteiger partial charge in [0, 0.05) is 20.6 Å². The molecule has 3 nitrogen and oxygen atoms in total. The van der Waals surface area contributed by atoms with Crippen molar-refractivity contribution in [2.45, 2.75) is 13.0 Å². The van der Waals surface area contributed by atoms with Gasteiger partial charge in [0.1, 0.15) is 17.6 Å². The van der Waals surface area contributed by atoms with Crippen molar-refractivity contribution < 1.29 is 14.6 Å². The molecular formula is C16H16BrClO3. The highest BCUT2D eigenvalue weighted by molar-refractivity contribution is 9.10. The lowest BCUT2D eigenvalue weighted by Crippen LogP contribution is -2.06. The average molecular weight is 372 g/mol. The second-order valence-electron chi connectivity index (χ2n) is 4.40. The SMILES string of the molecule is CCOc1ccc(Br)cc1C(O)c1cc(Cl)ccc1OC. The summed E-state index contributed by atoms with van der Waals surface area (Å²) in [6.45, 7) is 2.42. The molecule has 2 aromatic carbocycles. The fourth-order valence-corrected chi connectivity index (χ4v) is 2.67. The molecule has 0 bridgehead atoms. The molecular weight excluding hydrogens is 356 g/mol. The van der Waals surface area contributed by atoms with Crippen molar-refractivity contribution in [1.29, 1.82) is 0 Å². The van der Waals surface area contributed by atoms with Gasteiger partial charge in [-0.15, -0.1) is 0 Å². The fraction of sp³-hybridized carbons (Fsp3) is 0.250. The quantitative estimate of drug-likeness (QED) is 0.835. The van der Waals surface area contributed by atoms with Crippen LogP contribution in [0.5, 0.6) is 11.5 Å². The predicted octanol–water partition coefficient (Wildman–Crippen LogP) is 4.59. The van der Waals surface area contributed by atoms with Crippen LogP contribution in [0.1, 0.15) is 24.2 Å². The van der Waals surface area contributed by atoms with Gasteiger partial charge in [-0.05, 0) is 43.3 Å². The van der Waals surface area contributed by atoms with Gasteiger partial charge in [-0.2, -0.15) is 0 Å². The van der Waals surface area contributed by atoms with Crippen molar-refractivity contribution in [1.82, 2.24) is 0 Å². The van der Waals surface area contributed by atoms with Crippen LogP contribution in [0.3, 0.4) is 0 Å². The summed E-state index contributed by atoms with van der Waals surface area (Å²) in [5, 5.41) is 11.3. The Labute approximate surface area is 137 Å². The summed E-state index contributed by atoms with van der Waals surface area (Å²) in [5.74, 6) is 1.21. The standard InChI is InChI=1S/C16H16BrClO3/c1-3-21-15-6-4-10(17)8-12(15)16(19)13-9-11(18)5-7-14(13)20-2/h4-9,16,19H,3H2,1-2H3. The third-order valence-electron chi connectivity index (χ3n) is 3.05. The summed E-state index contributed by atoms with van der Waals surface area (Å²) in [6.07, 6.45) is -0.891. The summed E-state index contributed by atoms with van der Waals surface area (Å²) in [5.41, 5.74) is 1.26. The van der Waals surface area contributed by atoms with Gasteiger partial charge in [-0.1, -0.05) is 27.5 Å². The molecule has 1 atom stereocenters. The molecule has 0 aliphatic carbocycles. The molecule has 2 aromatic rings. The Morgan fingerprint density at radius 2 is 1.81 bits per heavy atom. The molecule has 0 fully saturated rings. The number of ether oxygens (including phenoxy) is 2. The maximum Gasteiger partial charge on any atom is 0.125 e. The van der Waals surface area contributed by atoms with Crippen molar-refractivity contribution in [3.05, 3.63) is 57.0 Å². The molecule has 0 aliphatic rings. The average Bonchev–Trinajstić information content (AvgIpc) is 2.48. The molecule has 0 aliphatic heterocycles. The third-order valence-corrected chi connectivity index (χ3v) is 3.78. The Morgan fingerprint density at radius 3 is 2.48 bits per heavy atom. The Kier molecular flexibility index (Phi) is 5.51. The zero-order valence-corrected chi connectivity index (χ0v) is 14.1. The van der Waals surface area contributed by atoms with Crippen molar-refractivity contribution in [2.24, 2.45) is 0 Å². The highest BCUT2D eigenvalue weighted by atomic mass is 79.9. The van der Waals surface area contributed by atoms with Crippen molar-refractivity contribution in [2.75, 3.05) is 13.7 Å². The molecule has 1 unspecified atom stereocenters. The molecule has 21 heavy (non-hydrogen) atoms. The zero-order valence-electron chi connectivity index (χ0n) is 11.8. The van der Waals surface area contributed by atoms with E-state index in [1.807, 2.05) is 25.1 Å². The van der Waals surface area contributed by atoms with Crippen LogP contribution in [0.2, 0.25) is 5.02 Å². The lowest BCUT2D eigenvalue weighted by Gasteiger charge is -2.19. The predicted molar refractivity (Wildman–Crippen MR) is 87.4 cm³/mol. The topological polar surface area (TPSA) is 38.7 Å². The lowest BCUT2D eigenvalue weighted by atomic mass is 10.00. The number of aliphatic hydroxyl groups is 1. The Morgan fingerprint density at radius 1 is 1.14 bits per heavy atom. The van der Waals surface area contributed by atoms with E-state index < -0.39 is 6.10 Å². The number of methoxy groups -OCH3 is 1. The minimum atomic E-state index is -0.891. The molecule has 0 saturated carbocycles. The molecule has 0 amide bonds. The van der Waals surface area contributed by atoms with Gasteiger partial charge in [0.05, 0.1) is 13.7 Å². The van der Waals surface area contributed by atoms with Gasteiger partial charge in [-0.25, -0.2) is 0 Å². The number of halogens is 2. The first-order valence-corrected chi connectivity index (χ1v) is 7.67. The molecule has 1 N–H and O–H groups in total. The molecule has 0 spiro atoms. The van der Waals surface area contributed by atoms with E-state index >= 15 is 0 Å². The van der Waals surface area contributed by atoms with Crippen LogP contribution in [-0.2, 0) is 0 Å². The largest absolute Gasteiger partial charge is 0.496 e. The normalized spacial score (nSPS) is 12.0. The van der Waals surface area contributed by atoms with Gasteiger partial charge in [-0.3, -0.25) is 0 Å². The Balaban J connectivity index is 2.51. The summed E-state index contributed by atoms with van der Waals surface area (Å²) < 4.78 is 11.7. The van der Waals surface area contributed by atoms with Gasteiger partial charge in [0.2, 0.25) is 0 Å².